The van der Waals surface area contributed by atoms with E-state index in [1.807, 2.05) is 32.9 Å². The van der Waals surface area contributed by atoms with Crippen molar-refractivity contribution >= 4 is 29.3 Å². The van der Waals surface area contributed by atoms with Crippen LogP contribution in [0.5, 0.6) is 0 Å². The zero-order valence-electron chi connectivity index (χ0n) is 19.1. The maximum atomic E-state index is 13.3. The quantitative estimate of drug-likeness (QED) is 0.691. The number of amides is 3. The Bertz CT molecular complexity index is 1040. The molecule has 8 heteroatoms. The molecule has 0 bridgehead atoms. The van der Waals surface area contributed by atoms with Gasteiger partial charge in [0.1, 0.15) is 11.9 Å². The monoisotopic (exact) mass is 473 g/mol. The highest BCUT2D eigenvalue weighted by Gasteiger charge is 2.31. The lowest BCUT2D eigenvalue weighted by molar-refractivity contribution is -0.135. The number of halogens is 2. The number of aryl methyl sites for hydroxylation is 1. The molecular weight excluding hydrogens is 445 g/mol. The van der Waals surface area contributed by atoms with E-state index < -0.39 is 11.9 Å². The van der Waals surface area contributed by atoms with Crippen LogP contribution in [0.2, 0.25) is 5.02 Å². The topological polar surface area (TPSA) is 69.7 Å². The third kappa shape index (κ3) is 6.11. The van der Waals surface area contributed by atoms with Gasteiger partial charge in [-0.2, -0.15) is 0 Å². The molecule has 1 aliphatic heterocycles. The number of carbonyl (C=O) groups is 3. The average molecular weight is 474 g/mol. The number of rotatable bonds is 6. The summed E-state index contributed by atoms with van der Waals surface area (Å²) in [4.78, 5) is 42.2. The Kier molecular flexibility index (Phi) is 8.08. The summed E-state index contributed by atoms with van der Waals surface area (Å²) in [5.41, 5.74) is 1.63. The Hall–Kier alpha value is -2.93. The number of carbonyl (C=O) groups excluding carboxylic acids is 3. The summed E-state index contributed by atoms with van der Waals surface area (Å²) >= 11 is 6.03. The molecule has 0 radical (unpaired) electrons. The fraction of sp³-hybridized carbons (Fsp3) is 0.400. The van der Waals surface area contributed by atoms with Crippen LogP contribution >= 0.6 is 11.6 Å². The van der Waals surface area contributed by atoms with Crippen molar-refractivity contribution in [2.75, 3.05) is 26.2 Å². The van der Waals surface area contributed by atoms with Crippen molar-refractivity contribution < 1.29 is 18.8 Å². The minimum atomic E-state index is -0.647. The molecule has 1 fully saturated rings. The van der Waals surface area contributed by atoms with Crippen LogP contribution in [0.4, 0.5) is 4.39 Å². The molecule has 0 spiro atoms. The van der Waals surface area contributed by atoms with Crippen molar-refractivity contribution in [3.05, 3.63) is 70.0 Å². The lowest BCUT2D eigenvalue weighted by atomic mass is 10.0. The maximum Gasteiger partial charge on any atom is 0.255 e. The first kappa shape index (κ1) is 24.7. The molecule has 1 heterocycles. The van der Waals surface area contributed by atoms with Crippen molar-refractivity contribution in [2.45, 2.75) is 33.2 Å². The number of piperazine rings is 1. The zero-order valence-corrected chi connectivity index (χ0v) is 19.9. The van der Waals surface area contributed by atoms with E-state index in [0.717, 1.165) is 11.6 Å². The summed E-state index contributed by atoms with van der Waals surface area (Å²) in [6.07, 6.45) is 0.515. The SMILES string of the molecule is Cc1ccccc1C(=O)NC(CC(C)C)C(=O)N1CCN(C(=O)c2ccc(F)cc2Cl)CC1. The van der Waals surface area contributed by atoms with E-state index in [1.54, 1.807) is 21.9 Å². The van der Waals surface area contributed by atoms with E-state index in [2.05, 4.69) is 5.32 Å². The van der Waals surface area contributed by atoms with Gasteiger partial charge < -0.3 is 15.1 Å². The van der Waals surface area contributed by atoms with Gasteiger partial charge in [-0.3, -0.25) is 14.4 Å². The lowest BCUT2D eigenvalue weighted by Gasteiger charge is -2.37. The summed E-state index contributed by atoms with van der Waals surface area (Å²) in [7, 11) is 0. The van der Waals surface area contributed by atoms with Crippen LogP contribution in [0.15, 0.2) is 42.5 Å². The molecule has 0 aromatic heterocycles. The zero-order chi connectivity index (χ0) is 24.1. The van der Waals surface area contributed by atoms with Crippen LogP contribution in [0.3, 0.4) is 0 Å². The van der Waals surface area contributed by atoms with E-state index in [-0.39, 0.29) is 34.2 Å². The normalized spacial score (nSPS) is 14.8. The molecule has 0 saturated carbocycles. The van der Waals surface area contributed by atoms with Gasteiger partial charge in [0.15, 0.2) is 0 Å². The Morgan fingerprint density at radius 1 is 1.00 bits per heavy atom. The molecule has 3 amide bonds. The first-order chi connectivity index (χ1) is 15.7. The Morgan fingerprint density at radius 3 is 2.24 bits per heavy atom. The fourth-order valence-electron chi connectivity index (χ4n) is 3.94. The van der Waals surface area contributed by atoms with Crippen LogP contribution < -0.4 is 5.32 Å². The van der Waals surface area contributed by atoms with Crippen molar-refractivity contribution in [2.24, 2.45) is 5.92 Å². The molecule has 1 atom stereocenters. The van der Waals surface area contributed by atoms with Crippen molar-refractivity contribution in [3.8, 4) is 0 Å². The highest BCUT2D eigenvalue weighted by Crippen LogP contribution is 2.20. The van der Waals surface area contributed by atoms with Crippen molar-refractivity contribution in [1.82, 2.24) is 15.1 Å². The maximum absolute atomic E-state index is 13.3. The second-order valence-corrected chi connectivity index (χ2v) is 9.12. The number of nitrogens with zero attached hydrogens (tertiary/aromatic N) is 2. The molecular formula is C25H29ClFN3O3. The van der Waals surface area contributed by atoms with E-state index >= 15 is 0 Å². The molecule has 176 valence electrons. The second-order valence-electron chi connectivity index (χ2n) is 8.71. The predicted octanol–water partition coefficient (Wildman–Crippen LogP) is 3.92. The van der Waals surface area contributed by atoms with Crippen LogP contribution in [0, 0.1) is 18.7 Å². The van der Waals surface area contributed by atoms with Gasteiger partial charge in [0.05, 0.1) is 10.6 Å². The van der Waals surface area contributed by atoms with Crippen LogP contribution in [0.1, 0.15) is 46.5 Å². The van der Waals surface area contributed by atoms with Gasteiger partial charge in [-0.25, -0.2) is 4.39 Å². The molecule has 0 aliphatic carbocycles. The Morgan fingerprint density at radius 2 is 1.64 bits per heavy atom. The molecule has 6 nitrogen and oxygen atoms in total. The molecule has 2 aromatic rings. The molecule has 1 aliphatic rings. The predicted molar refractivity (Wildman–Crippen MR) is 126 cm³/mol. The minimum absolute atomic E-state index is 0.0643. The van der Waals surface area contributed by atoms with Gasteiger partial charge in [-0.1, -0.05) is 43.6 Å². The van der Waals surface area contributed by atoms with Crippen LogP contribution in [-0.2, 0) is 4.79 Å². The van der Waals surface area contributed by atoms with Crippen molar-refractivity contribution in [3.63, 3.8) is 0 Å². The molecule has 33 heavy (non-hydrogen) atoms. The standard InChI is InChI=1S/C25H29ClFN3O3/c1-16(2)14-22(28-23(31)19-7-5-4-6-17(19)3)25(33)30-12-10-29(11-13-30)24(32)20-9-8-18(27)15-21(20)26/h4-9,15-16,22H,10-14H2,1-3H3,(H,28,31). The van der Waals surface area contributed by atoms with E-state index in [1.165, 1.54) is 12.1 Å². The Balaban J connectivity index is 1.65. The highest BCUT2D eigenvalue weighted by atomic mass is 35.5. The van der Waals surface area contributed by atoms with E-state index in [4.69, 9.17) is 11.6 Å². The minimum Gasteiger partial charge on any atom is -0.340 e. The van der Waals surface area contributed by atoms with E-state index in [9.17, 15) is 18.8 Å². The van der Waals surface area contributed by atoms with Crippen LogP contribution in [0.25, 0.3) is 0 Å². The first-order valence-electron chi connectivity index (χ1n) is 11.1. The number of hydrogen-bond donors (Lipinski definition) is 1. The molecule has 1 saturated heterocycles. The first-order valence-corrected chi connectivity index (χ1v) is 11.4. The number of benzene rings is 2. The lowest BCUT2D eigenvalue weighted by Crippen LogP contribution is -2.56. The number of hydrogen-bond acceptors (Lipinski definition) is 3. The highest BCUT2D eigenvalue weighted by molar-refractivity contribution is 6.33. The summed E-state index contributed by atoms with van der Waals surface area (Å²) in [6, 6.07) is 10.3. The molecule has 2 aromatic carbocycles. The molecule has 1 unspecified atom stereocenters. The van der Waals surface area contributed by atoms with Gasteiger partial charge in [-0.05, 0) is 49.1 Å². The van der Waals surface area contributed by atoms with Gasteiger partial charge >= 0.3 is 0 Å². The summed E-state index contributed by atoms with van der Waals surface area (Å²) in [5.74, 6) is -1.02. The number of nitrogens with one attached hydrogen (secondary N) is 1. The Labute approximate surface area is 198 Å². The van der Waals surface area contributed by atoms with Gasteiger partial charge in [0, 0.05) is 31.7 Å². The van der Waals surface area contributed by atoms with E-state index in [0.29, 0.717) is 38.2 Å². The summed E-state index contributed by atoms with van der Waals surface area (Å²) in [5, 5.41) is 2.98. The van der Waals surface area contributed by atoms with Gasteiger partial charge in [0.2, 0.25) is 5.91 Å². The van der Waals surface area contributed by atoms with Gasteiger partial charge in [-0.15, -0.1) is 0 Å². The average Bonchev–Trinajstić information content (AvgIpc) is 2.78. The summed E-state index contributed by atoms with van der Waals surface area (Å²) in [6.45, 7) is 7.22. The molecule has 1 N–H and O–H groups in total. The van der Waals surface area contributed by atoms with Crippen molar-refractivity contribution in [1.29, 1.82) is 0 Å². The van der Waals surface area contributed by atoms with Crippen LogP contribution in [-0.4, -0.2) is 59.7 Å². The third-order valence-corrected chi connectivity index (χ3v) is 6.05. The third-order valence-electron chi connectivity index (χ3n) is 5.74. The summed E-state index contributed by atoms with van der Waals surface area (Å²) < 4.78 is 13.3. The smallest absolute Gasteiger partial charge is 0.255 e. The molecule has 3 rings (SSSR count). The second kappa shape index (κ2) is 10.8. The van der Waals surface area contributed by atoms with Gasteiger partial charge in [0.25, 0.3) is 11.8 Å². The fourth-order valence-corrected chi connectivity index (χ4v) is 4.19. The largest absolute Gasteiger partial charge is 0.340 e.